The van der Waals surface area contributed by atoms with Gasteiger partial charge in [-0.3, -0.25) is 9.59 Å². The molecule has 0 saturated carbocycles. The van der Waals surface area contributed by atoms with E-state index in [1.165, 1.54) is 23.9 Å². The number of anilines is 1. The number of carbonyl (C=O) groups excluding carboxylic acids is 2. The zero-order valence-electron chi connectivity index (χ0n) is 18.1. The average Bonchev–Trinajstić information content (AvgIpc) is 3.11. The summed E-state index contributed by atoms with van der Waals surface area (Å²) in [6.07, 6.45) is 1.95. The van der Waals surface area contributed by atoms with Crippen LogP contribution < -0.4 is 5.32 Å². The van der Waals surface area contributed by atoms with Crippen molar-refractivity contribution in [3.63, 3.8) is 0 Å². The van der Waals surface area contributed by atoms with Crippen LogP contribution in [0, 0.1) is 5.82 Å². The third-order valence-corrected chi connectivity index (χ3v) is 6.38. The van der Waals surface area contributed by atoms with Crippen LogP contribution in [0.5, 0.6) is 0 Å². The Kier molecular flexibility index (Phi) is 6.81. The van der Waals surface area contributed by atoms with E-state index in [1.54, 1.807) is 12.1 Å². The van der Waals surface area contributed by atoms with Crippen molar-refractivity contribution < 1.29 is 18.7 Å². The number of thioether (sulfide) groups is 1. The standard InChI is InChI=1S/C24H26FN3O3S/c1-16-11-28(12-17(2)31-16)24(30)14-27-13-22(18-7-3-6-10-21(18)27)32-15-23(29)26-20-9-5-4-8-19(20)25/h3-10,13,16-17H,11-12,14-15H2,1-2H3,(H,26,29)/t16-,17+. The quantitative estimate of drug-likeness (QED) is 0.568. The molecular formula is C24H26FN3O3S. The summed E-state index contributed by atoms with van der Waals surface area (Å²) in [6, 6.07) is 13.9. The summed E-state index contributed by atoms with van der Waals surface area (Å²) < 4.78 is 21.4. The van der Waals surface area contributed by atoms with Crippen molar-refractivity contribution >= 4 is 40.2 Å². The summed E-state index contributed by atoms with van der Waals surface area (Å²) in [4.78, 5) is 28.1. The number of aromatic nitrogens is 1. The maximum absolute atomic E-state index is 13.8. The Hall–Kier alpha value is -2.84. The molecule has 0 spiro atoms. The lowest BCUT2D eigenvalue weighted by molar-refractivity contribution is -0.143. The van der Waals surface area contributed by atoms with Crippen molar-refractivity contribution in [2.45, 2.75) is 37.5 Å². The highest BCUT2D eigenvalue weighted by Crippen LogP contribution is 2.30. The van der Waals surface area contributed by atoms with Crippen molar-refractivity contribution in [1.82, 2.24) is 9.47 Å². The van der Waals surface area contributed by atoms with Gasteiger partial charge in [-0.15, -0.1) is 11.8 Å². The molecular weight excluding hydrogens is 429 g/mol. The van der Waals surface area contributed by atoms with Gasteiger partial charge in [-0.25, -0.2) is 4.39 Å². The van der Waals surface area contributed by atoms with Crippen LogP contribution in [0.3, 0.4) is 0 Å². The van der Waals surface area contributed by atoms with E-state index in [4.69, 9.17) is 4.74 Å². The molecule has 4 rings (SSSR count). The first kappa shape index (κ1) is 22.4. The Labute approximate surface area is 190 Å². The van der Waals surface area contributed by atoms with Crippen LogP contribution in [-0.4, -0.2) is 52.3 Å². The minimum atomic E-state index is -0.465. The first-order valence-corrected chi connectivity index (χ1v) is 11.6. The van der Waals surface area contributed by atoms with Crippen LogP contribution in [0.2, 0.25) is 0 Å². The largest absolute Gasteiger partial charge is 0.372 e. The predicted octanol–water partition coefficient (Wildman–Crippen LogP) is 4.15. The fourth-order valence-corrected chi connectivity index (χ4v) is 4.87. The maximum Gasteiger partial charge on any atom is 0.242 e. The first-order chi connectivity index (χ1) is 15.4. The van der Waals surface area contributed by atoms with Gasteiger partial charge in [0.1, 0.15) is 12.4 Å². The van der Waals surface area contributed by atoms with Crippen molar-refractivity contribution in [1.29, 1.82) is 0 Å². The third kappa shape index (κ3) is 5.14. The summed E-state index contributed by atoms with van der Waals surface area (Å²) in [6.45, 7) is 5.34. The second-order valence-electron chi connectivity index (χ2n) is 8.01. The van der Waals surface area contributed by atoms with Gasteiger partial charge in [0.05, 0.1) is 23.6 Å². The van der Waals surface area contributed by atoms with Crippen LogP contribution in [0.4, 0.5) is 10.1 Å². The van der Waals surface area contributed by atoms with E-state index < -0.39 is 5.82 Å². The molecule has 6 nitrogen and oxygen atoms in total. The molecule has 0 unspecified atom stereocenters. The van der Waals surface area contributed by atoms with Crippen molar-refractivity contribution in [2.24, 2.45) is 0 Å². The minimum absolute atomic E-state index is 0.0168. The summed E-state index contributed by atoms with van der Waals surface area (Å²) >= 11 is 1.37. The highest BCUT2D eigenvalue weighted by atomic mass is 32.2. The van der Waals surface area contributed by atoms with Crippen LogP contribution >= 0.6 is 11.8 Å². The molecule has 1 N–H and O–H groups in total. The van der Waals surface area contributed by atoms with Crippen LogP contribution in [0.25, 0.3) is 10.9 Å². The third-order valence-electron chi connectivity index (χ3n) is 5.34. The van der Waals surface area contributed by atoms with Crippen molar-refractivity contribution in [2.75, 3.05) is 24.2 Å². The van der Waals surface area contributed by atoms with Crippen molar-refractivity contribution in [3.05, 3.63) is 60.5 Å². The Balaban J connectivity index is 1.46. The topological polar surface area (TPSA) is 63.6 Å². The predicted molar refractivity (Wildman–Crippen MR) is 124 cm³/mol. The van der Waals surface area contributed by atoms with Gasteiger partial charge in [-0.05, 0) is 32.0 Å². The highest BCUT2D eigenvalue weighted by Gasteiger charge is 2.26. The summed E-state index contributed by atoms with van der Waals surface area (Å²) in [7, 11) is 0. The van der Waals surface area contributed by atoms with E-state index >= 15 is 0 Å². The molecule has 1 saturated heterocycles. The Morgan fingerprint density at radius 2 is 1.78 bits per heavy atom. The summed E-state index contributed by atoms with van der Waals surface area (Å²) in [5.74, 6) is -0.576. The van der Waals surface area contributed by atoms with E-state index in [2.05, 4.69) is 5.32 Å². The van der Waals surface area contributed by atoms with E-state index in [0.717, 1.165) is 15.8 Å². The number of halogens is 1. The lowest BCUT2D eigenvalue weighted by Gasteiger charge is -2.35. The number of nitrogens with one attached hydrogen (secondary N) is 1. The van der Waals surface area contributed by atoms with Crippen molar-refractivity contribution in [3.8, 4) is 0 Å². The Bertz CT molecular complexity index is 1120. The zero-order chi connectivity index (χ0) is 22.7. The fourth-order valence-electron chi connectivity index (χ4n) is 3.98. The average molecular weight is 456 g/mol. The van der Waals surface area contributed by atoms with Crippen LogP contribution in [0.15, 0.2) is 59.6 Å². The molecule has 2 amide bonds. The molecule has 2 atom stereocenters. The lowest BCUT2D eigenvalue weighted by Crippen LogP contribution is -2.49. The number of fused-ring (bicyclic) bond motifs is 1. The number of morpholine rings is 1. The second kappa shape index (κ2) is 9.75. The van der Waals surface area contributed by atoms with E-state index in [9.17, 15) is 14.0 Å². The lowest BCUT2D eigenvalue weighted by atomic mass is 10.2. The second-order valence-corrected chi connectivity index (χ2v) is 9.03. The molecule has 0 bridgehead atoms. The fraction of sp³-hybridized carbons (Fsp3) is 0.333. The summed E-state index contributed by atoms with van der Waals surface area (Å²) in [5, 5.41) is 3.58. The van der Waals surface area contributed by atoms with Gasteiger partial charge < -0.3 is 19.5 Å². The molecule has 2 heterocycles. The zero-order valence-corrected chi connectivity index (χ0v) is 18.9. The SMILES string of the molecule is C[C@@H]1CN(C(=O)Cn2cc(SCC(=O)Nc3ccccc3F)c3ccccc32)C[C@H](C)O1. The number of nitrogens with zero attached hydrogens (tertiary/aromatic N) is 2. The number of hydrogen-bond acceptors (Lipinski definition) is 4. The molecule has 1 aliphatic rings. The monoisotopic (exact) mass is 455 g/mol. The highest BCUT2D eigenvalue weighted by molar-refractivity contribution is 8.00. The molecule has 3 aromatic rings. The normalized spacial score (nSPS) is 18.7. The maximum atomic E-state index is 13.8. The van der Waals surface area contributed by atoms with Gasteiger partial charge in [0.25, 0.3) is 0 Å². The Morgan fingerprint density at radius 3 is 2.53 bits per heavy atom. The summed E-state index contributed by atoms with van der Waals surface area (Å²) in [5.41, 5.74) is 1.10. The molecule has 32 heavy (non-hydrogen) atoms. The first-order valence-electron chi connectivity index (χ1n) is 10.6. The number of rotatable bonds is 6. The minimum Gasteiger partial charge on any atom is -0.372 e. The molecule has 2 aromatic carbocycles. The number of hydrogen-bond donors (Lipinski definition) is 1. The van der Waals surface area contributed by atoms with Gasteiger partial charge in [0, 0.05) is 35.1 Å². The van der Waals surface area contributed by atoms with E-state index in [1.807, 2.05) is 53.8 Å². The molecule has 168 valence electrons. The number of amides is 2. The van der Waals surface area contributed by atoms with Gasteiger partial charge in [-0.1, -0.05) is 30.3 Å². The number of para-hydroxylation sites is 2. The molecule has 0 aliphatic carbocycles. The molecule has 8 heteroatoms. The van der Waals surface area contributed by atoms with E-state index in [-0.39, 0.29) is 42.0 Å². The van der Waals surface area contributed by atoms with Gasteiger partial charge in [0.15, 0.2) is 0 Å². The van der Waals surface area contributed by atoms with Crippen LogP contribution in [0.1, 0.15) is 13.8 Å². The van der Waals surface area contributed by atoms with Gasteiger partial charge >= 0.3 is 0 Å². The Morgan fingerprint density at radius 1 is 1.09 bits per heavy atom. The van der Waals surface area contributed by atoms with Gasteiger partial charge in [0.2, 0.25) is 11.8 Å². The molecule has 0 radical (unpaired) electrons. The van der Waals surface area contributed by atoms with E-state index in [0.29, 0.717) is 13.1 Å². The molecule has 1 aliphatic heterocycles. The number of carbonyl (C=O) groups is 2. The molecule has 1 aromatic heterocycles. The van der Waals surface area contributed by atoms with Crippen LogP contribution in [-0.2, 0) is 20.9 Å². The smallest absolute Gasteiger partial charge is 0.242 e. The van der Waals surface area contributed by atoms with Gasteiger partial charge in [-0.2, -0.15) is 0 Å². The number of ether oxygens (including phenoxy) is 1. The number of benzene rings is 2. The molecule has 1 fully saturated rings.